The summed E-state index contributed by atoms with van der Waals surface area (Å²) in [6.07, 6.45) is 1.76. The number of allylic oxidation sites excluding steroid dienone is 2. The number of hydrogen-bond acceptors (Lipinski definition) is 5. The van der Waals surface area contributed by atoms with Crippen LogP contribution < -0.4 is 0 Å². The third-order valence-electron chi connectivity index (χ3n) is 4.43. The number of carbonyl (C=O) groups excluding carboxylic acids is 1. The van der Waals surface area contributed by atoms with Gasteiger partial charge in [-0.3, -0.25) is 14.1 Å². The van der Waals surface area contributed by atoms with Crippen LogP contribution in [-0.4, -0.2) is 47.8 Å². The lowest BCUT2D eigenvalue weighted by Gasteiger charge is -2.25. The summed E-state index contributed by atoms with van der Waals surface area (Å²) in [7, 11) is -6.36. The maximum Gasteiger partial charge on any atom is 0.431 e. The summed E-state index contributed by atoms with van der Waals surface area (Å²) < 4.78 is 86.0. The number of aliphatic carboxylic acids is 1. The van der Waals surface area contributed by atoms with Crippen LogP contribution in [0, 0.1) is 23.7 Å². The van der Waals surface area contributed by atoms with Crippen LogP contribution in [0.2, 0.25) is 0 Å². The van der Waals surface area contributed by atoms with E-state index in [9.17, 15) is 35.6 Å². The summed E-state index contributed by atoms with van der Waals surface area (Å²) in [5.41, 5.74) is 0. The molecule has 2 rings (SSSR count). The first-order valence-corrected chi connectivity index (χ1v) is 8.54. The Kier molecular flexibility index (Phi) is 4.90. The smallest absolute Gasteiger partial charge is 0.431 e. The van der Waals surface area contributed by atoms with Gasteiger partial charge in [0.15, 0.2) is 0 Å². The summed E-state index contributed by atoms with van der Waals surface area (Å²) in [6.45, 7) is -1.26. The molecule has 2 N–H and O–H groups in total. The maximum absolute atomic E-state index is 13.3. The lowest BCUT2D eigenvalue weighted by Crippen LogP contribution is -2.47. The molecular weight excluding hydrogens is 376 g/mol. The number of esters is 1. The fourth-order valence-electron chi connectivity index (χ4n) is 3.19. The van der Waals surface area contributed by atoms with Crippen LogP contribution in [0.15, 0.2) is 12.2 Å². The quantitative estimate of drug-likeness (QED) is 0.293. The lowest BCUT2D eigenvalue weighted by molar-refractivity contribution is -0.177. The molecule has 142 valence electrons. The van der Waals surface area contributed by atoms with Gasteiger partial charge in [0.2, 0.25) is 0 Å². The van der Waals surface area contributed by atoms with Crippen molar-refractivity contribution >= 4 is 22.1 Å². The summed E-state index contributed by atoms with van der Waals surface area (Å²) in [4.78, 5) is 23.2. The minimum Gasteiger partial charge on any atom is -0.481 e. The monoisotopic (exact) mass is 390 g/mol. The minimum atomic E-state index is -6.36. The molecule has 1 saturated carbocycles. The van der Waals surface area contributed by atoms with Crippen molar-refractivity contribution in [1.29, 1.82) is 0 Å². The van der Waals surface area contributed by atoms with E-state index in [4.69, 9.17) is 9.66 Å². The molecule has 25 heavy (non-hydrogen) atoms. The second-order valence-corrected chi connectivity index (χ2v) is 7.41. The van der Waals surface area contributed by atoms with Crippen LogP contribution in [0.3, 0.4) is 0 Å². The summed E-state index contributed by atoms with van der Waals surface area (Å²) in [6, 6.07) is 0. The second kappa shape index (κ2) is 6.24. The third-order valence-corrected chi connectivity index (χ3v) is 5.37. The lowest BCUT2D eigenvalue weighted by atomic mass is 9.83. The van der Waals surface area contributed by atoms with Gasteiger partial charge in [-0.15, -0.1) is 0 Å². The molecule has 0 radical (unpaired) electrons. The van der Waals surface area contributed by atoms with Gasteiger partial charge in [-0.2, -0.15) is 26.0 Å². The number of carboxylic acids is 1. The first kappa shape index (κ1) is 19.6. The number of halogens is 4. The van der Waals surface area contributed by atoms with Gasteiger partial charge in [-0.1, -0.05) is 12.2 Å². The van der Waals surface area contributed by atoms with Gasteiger partial charge in [0.05, 0.1) is 24.9 Å². The zero-order valence-corrected chi connectivity index (χ0v) is 13.3. The van der Waals surface area contributed by atoms with E-state index in [1.54, 1.807) is 12.2 Å². The largest absolute Gasteiger partial charge is 0.481 e. The average molecular weight is 390 g/mol. The Labute approximate surface area is 139 Å². The van der Waals surface area contributed by atoms with Gasteiger partial charge >= 0.3 is 33.2 Å². The fourth-order valence-corrected chi connectivity index (χ4v) is 3.67. The Morgan fingerprint density at radius 1 is 1.12 bits per heavy atom. The molecule has 0 spiro atoms. The topological polar surface area (TPSA) is 118 Å². The second-order valence-electron chi connectivity index (χ2n) is 5.95. The minimum absolute atomic E-state index is 0.383. The van der Waals surface area contributed by atoms with Gasteiger partial charge in [0.25, 0.3) is 0 Å². The van der Waals surface area contributed by atoms with E-state index < -0.39 is 69.9 Å². The Morgan fingerprint density at radius 2 is 1.64 bits per heavy atom. The maximum atomic E-state index is 13.3. The van der Waals surface area contributed by atoms with Crippen LogP contribution >= 0.6 is 0 Å². The van der Waals surface area contributed by atoms with Crippen molar-refractivity contribution < 1.29 is 50.0 Å². The fraction of sp³-hybridized carbons (Fsp3) is 0.692. The standard InChI is InChI=1S/C13H14F4O7S/c14-12(15,13(16,17)25(21,22)23)3-4-24-11(20)9-7-2-1-6(5-7)8(9)10(18)19/h1-2,6-9H,3-5H2,(H,18,19)(H,21,22,23). The number of carboxylic acid groups (broad SMARTS) is 1. The number of fused-ring (bicyclic) bond motifs is 2. The highest BCUT2D eigenvalue weighted by Gasteiger charge is 2.65. The van der Waals surface area contributed by atoms with E-state index in [-0.39, 0.29) is 0 Å². The van der Waals surface area contributed by atoms with Crippen LogP contribution in [0.1, 0.15) is 12.8 Å². The predicted octanol–water partition coefficient (Wildman–Crippen LogP) is 1.56. The van der Waals surface area contributed by atoms with Crippen LogP contribution in [0.5, 0.6) is 0 Å². The number of rotatable bonds is 7. The summed E-state index contributed by atoms with van der Waals surface area (Å²) >= 11 is 0. The van der Waals surface area contributed by atoms with E-state index in [1.807, 2.05) is 0 Å². The van der Waals surface area contributed by atoms with Crippen LogP contribution in [0.4, 0.5) is 17.6 Å². The predicted molar refractivity (Wildman–Crippen MR) is 72.4 cm³/mol. The molecule has 2 bridgehead atoms. The van der Waals surface area contributed by atoms with E-state index in [2.05, 4.69) is 4.74 Å². The van der Waals surface area contributed by atoms with Crippen molar-refractivity contribution in [3.63, 3.8) is 0 Å². The van der Waals surface area contributed by atoms with Crippen molar-refractivity contribution in [3.05, 3.63) is 12.2 Å². The number of hydrogen-bond donors (Lipinski definition) is 2. The molecule has 2 aliphatic carbocycles. The van der Waals surface area contributed by atoms with Crippen LogP contribution in [0.25, 0.3) is 0 Å². The molecule has 0 aliphatic heterocycles. The van der Waals surface area contributed by atoms with Gasteiger partial charge in [0, 0.05) is 0 Å². The molecule has 0 amide bonds. The van der Waals surface area contributed by atoms with Gasteiger partial charge in [-0.05, 0) is 18.3 Å². The molecule has 2 aliphatic rings. The zero-order valence-electron chi connectivity index (χ0n) is 12.4. The molecule has 0 saturated heterocycles. The van der Waals surface area contributed by atoms with E-state index in [0.717, 1.165) is 0 Å². The Balaban J connectivity index is 1.99. The van der Waals surface area contributed by atoms with E-state index >= 15 is 0 Å². The molecule has 7 nitrogen and oxygen atoms in total. The SMILES string of the molecule is O=C(O)C1C2C=CC(C2)C1C(=O)OCCC(F)(F)C(F)(F)S(=O)(=O)O. The Hall–Kier alpha value is -1.69. The first-order valence-electron chi connectivity index (χ1n) is 7.10. The Bertz CT molecular complexity index is 703. The highest BCUT2D eigenvalue weighted by atomic mass is 32.2. The molecule has 0 aromatic rings. The number of carbonyl (C=O) groups is 2. The van der Waals surface area contributed by atoms with E-state index in [0.29, 0.717) is 6.42 Å². The number of alkyl halides is 4. The highest BCUT2D eigenvalue weighted by molar-refractivity contribution is 7.87. The molecule has 0 aromatic carbocycles. The highest BCUT2D eigenvalue weighted by Crippen LogP contribution is 2.48. The molecule has 4 unspecified atom stereocenters. The molecule has 1 fully saturated rings. The third kappa shape index (κ3) is 3.36. The normalized spacial score (nSPS) is 29.0. The molecule has 0 aromatic heterocycles. The first-order chi connectivity index (χ1) is 11.3. The van der Waals surface area contributed by atoms with Gasteiger partial charge in [0.1, 0.15) is 0 Å². The summed E-state index contributed by atoms with van der Waals surface area (Å²) in [5, 5.41) is 3.41. The van der Waals surface area contributed by atoms with Crippen molar-refractivity contribution in [3.8, 4) is 0 Å². The number of ether oxygens (including phenoxy) is 1. The molecule has 4 atom stereocenters. The van der Waals surface area contributed by atoms with Gasteiger partial charge in [-0.25, -0.2) is 0 Å². The zero-order chi connectivity index (χ0) is 19.2. The molecule has 0 heterocycles. The van der Waals surface area contributed by atoms with Crippen molar-refractivity contribution in [1.82, 2.24) is 0 Å². The van der Waals surface area contributed by atoms with Crippen LogP contribution in [-0.2, 0) is 24.4 Å². The Morgan fingerprint density at radius 3 is 2.12 bits per heavy atom. The van der Waals surface area contributed by atoms with Crippen molar-refractivity contribution in [2.75, 3.05) is 6.61 Å². The average Bonchev–Trinajstić information content (AvgIpc) is 3.05. The summed E-state index contributed by atoms with van der Waals surface area (Å²) in [5.74, 6) is -10.6. The van der Waals surface area contributed by atoms with Gasteiger partial charge < -0.3 is 9.84 Å². The van der Waals surface area contributed by atoms with Crippen molar-refractivity contribution in [2.45, 2.75) is 24.0 Å². The van der Waals surface area contributed by atoms with E-state index in [1.165, 1.54) is 0 Å². The van der Waals surface area contributed by atoms with Crippen molar-refractivity contribution in [2.24, 2.45) is 23.7 Å². The molecule has 12 heteroatoms. The molecular formula is C13H14F4O7S.